The van der Waals surface area contributed by atoms with Gasteiger partial charge in [0.2, 0.25) is 5.91 Å². The van der Waals surface area contributed by atoms with Gasteiger partial charge < -0.3 is 14.7 Å². The number of aldehydes is 1. The van der Waals surface area contributed by atoms with E-state index in [4.69, 9.17) is 0 Å². The number of nitrogens with zero attached hydrogens (tertiary/aromatic N) is 3. The lowest BCUT2D eigenvalue weighted by Crippen LogP contribution is -2.49. The van der Waals surface area contributed by atoms with E-state index < -0.39 is 6.03 Å². The molecule has 0 saturated carbocycles. The average Bonchev–Trinajstić information content (AvgIpc) is 3.11. The molecule has 8 heteroatoms. The maximum Gasteiger partial charge on any atom is 0.328 e. The Morgan fingerprint density at radius 1 is 1.12 bits per heavy atom. The van der Waals surface area contributed by atoms with E-state index in [-0.39, 0.29) is 18.2 Å². The van der Waals surface area contributed by atoms with Crippen molar-refractivity contribution in [2.24, 2.45) is 5.92 Å². The van der Waals surface area contributed by atoms with Crippen LogP contribution in [0.2, 0.25) is 0 Å². The molecule has 3 heterocycles. The largest absolute Gasteiger partial charge is 0.370 e. The van der Waals surface area contributed by atoms with Crippen LogP contribution in [-0.4, -0.2) is 47.8 Å². The van der Waals surface area contributed by atoms with Crippen molar-refractivity contribution >= 4 is 40.6 Å². The smallest absolute Gasteiger partial charge is 0.328 e. The molecule has 0 aliphatic carbocycles. The first kappa shape index (κ1) is 15.6. The number of imide groups is 1. The molecule has 2 aliphatic heterocycles. The van der Waals surface area contributed by atoms with Gasteiger partial charge in [0.05, 0.1) is 23.2 Å². The zero-order valence-corrected chi connectivity index (χ0v) is 13.7. The number of urea groups is 1. The number of rotatable bonds is 3. The van der Waals surface area contributed by atoms with Crippen molar-refractivity contribution in [1.29, 1.82) is 0 Å². The van der Waals surface area contributed by atoms with E-state index in [0.29, 0.717) is 12.2 Å². The van der Waals surface area contributed by atoms with Gasteiger partial charge in [-0.1, -0.05) is 0 Å². The minimum absolute atomic E-state index is 0.139. The number of aromatic amines is 1. The van der Waals surface area contributed by atoms with Gasteiger partial charge in [-0.2, -0.15) is 0 Å². The molecule has 130 valence electrons. The van der Waals surface area contributed by atoms with Crippen LogP contribution in [0, 0.1) is 5.92 Å². The van der Waals surface area contributed by atoms with E-state index in [1.807, 2.05) is 12.1 Å². The summed E-state index contributed by atoms with van der Waals surface area (Å²) in [5, 5.41) is 2.34. The predicted octanol–water partition coefficient (Wildman–Crippen LogP) is 1.42. The zero-order valence-electron chi connectivity index (χ0n) is 13.7. The Balaban J connectivity index is 1.66. The molecular weight excluding hydrogens is 322 g/mol. The van der Waals surface area contributed by atoms with E-state index >= 15 is 0 Å². The summed E-state index contributed by atoms with van der Waals surface area (Å²) in [4.78, 5) is 45.8. The average molecular weight is 341 g/mol. The number of carbonyl (C=O) groups excluding carboxylic acids is 3. The van der Waals surface area contributed by atoms with Crippen LogP contribution in [0.1, 0.15) is 19.3 Å². The molecule has 0 bridgehead atoms. The highest BCUT2D eigenvalue weighted by atomic mass is 16.2. The van der Waals surface area contributed by atoms with Gasteiger partial charge in [-0.15, -0.1) is 0 Å². The van der Waals surface area contributed by atoms with Gasteiger partial charge in [0.15, 0.2) is 0 Å². The van der Waals surface area contributed by atoms with E-state index in [2.05, 4.69) is 20.2 Å². The molecule has 4 rings (SSSR count). The molecule has 2 fully saturated rings. The molecule has 0 unspecified atom stereocenters. The fraction of sp³-hybridized carbons (Fsp3) is 0.412. The summed E-state index contributed by atoms with van der Waals surface area (Å²) in [6, 6.07) is 3.44. The van der Waals surface area contributed by atoms with Crippen molar-refractivity contribution in [3.05, 3.63) is 18.5 Å². The number of nitrogens with one attached hydrogen (secondary N) is 2. The summed E-state index contributed by atoms with van der Waals surface area (Å²) in [6.45, 7) is 1.97. The van der Waals surface area contributed by atoms with Crippen LogP contribution in [0.5, 0.6) is 0 Å². The summed E-state index contributed by atoms with van der Waals surface area (Å²) in [6.07, 6.45) is 4.62. The minimum atomic E-state index is -0.410. The molecule has 0 radical (unpaired) electrons. The van der Waals surface area contributed by atoms with Crippen molar-refractivity contribution < 1.29 is 14.4 Å². The Morgan fingerprint density at radius 3 is 2.60 bits per heavy atom. The highest BCUT2D eigenvalue weighted by Crippen LogP contribution is 2.34. The normalized spacial score (nSPS) is 19.4. The quantitative estimate of drug-likeness (QED) is 0.823. The summed E-state index contributed by atoms with van der Waals surface area (Å²) >= 11 is 0. The summed E-state index contributed by atoms with van der Waals surface area (Å²) < 4.78 is 0. The Bertz CT molecular complexity index is 838. The Labute approximate surface area is 144 Å². The van der Waals surface area contributed by atoms with Crippen LogP contribution < -0.4 is 15.1 Å². The molecule has 8 nitrogen and oxygen atoms in total. The van der Waals surface area contributed by atoms with Gasteiger partial charge in [0.25, 0.3) is 0 Å². The van der Waals surface area contributed by atoms with Crippen LogP contribution in [0.25, 0.3) is 11.0 Å². The molecule has 1 aromatic carbocycles. The van der Waals surface area contributed by atoms with Gasteiger partial charge in [-0.05, 0) is 25.0 Å². The number of imidazole rings is 1. The van der Waals surface area contributed by atoms with Crippen molar-refractivity contribution in [2.45, 2.75) is 19.3 Å². The summed E-state index contributed by atoms with van der Waals surface area (Å²) in [5.41, 5.74) is 3.29. The molecule has 2 N–H and O–H groups in total. The van der Waals surface area contributed by atoms with Gasteiger partial charge >= 0.3 is 6.03 Å². The van der Waals surface area contributed by atoms with E-state index in [1.165, 1.54) is 0 Å². The summed E-state index contributed by atoms with van der Waals surface area (Å²) in [5.74, 6) is -0.114. The first-order chi connectivity index (χ1) is 12.2. The lowest BCUT2D eigenvalue weighted by atomic mass is 9.98. The molecule has 1 aromatic heterocycles. The maximum absolute atomic E-state index is 12.1. The lowest BCUT2D eigenvalue weighted by molar-refractivity contribution is -0.120. The first-order valence-electron chi connectivity index (χ1n) is 8.45. The number of amides is 3. The van der Waals surface area contributed by atoms with Crippen molar-refractivity contribution in [3.63, 3.8) is 0 Å². The number of fused-ring (bicyclic) bond motifs is 1. The predicted molar refractivity (Wildman–Crippen MR) is 92.6 cm³/mol. The second-order valence-corrected chi connectivity index (χ2v) is 6.45. The number of benzene rings is 1. The third kappa shape index (κ3) is 2.73. The highest BCUT2D eigenvalue weighted by molar-refractivity contribution is 6.10. The van der Waals surface area contributed by atoms with Crippen molar-refractivity contribution in [1.82, 2.24) is 15.3 Å². The molecule has 2 aromatic rings. The molecule has 2 aliphatic rings. The lowest BCUT2D eigenvalue weighted by Gasteiger charge is -2.32. The molecule has 25 heavy (non-hydrogen) atoms. The van der Waals surface area contributed by atoms with Crippen LogP contribution in [0.4, 0.5) is 16.2 Å². The zero-order chi connectivity index (χ0) is 17.4. The monoisotopic (exact) mass is 341 g/mol. The Kier molecular flexibility index (Phi) is 3.87. The third-order valence-electron chi connectivity index (χ3n) is 4.95. The Morgan fingerprint density at radius 2 is 1.88 bits per heavy atom. The maximum atomic E-state index is 12.1. The molecule has 0 spiro atoms. The van der Waals surface area contributed by atoms with Gasteiger partial charge in [0, 0.05) is 32.0 Å². The van der Waals surface area contributed by atoms with Gasteiger partial charge in [0.1, 0.15) is 11.8 Å². The standard InChI is InChI=1S/C17H19N5O3/c23-9-11-3-6-21(7-4-11)12-1-2-13(16-15(12)18-10-19-16)22-8-5-14(24)20-17(22)25/h1-2,9-11H,3-8H2,(H,18,19)(H,20,24,25). The molecule has 3 amide bonds. The van der Waals surface area contributed by atoms with Crippen LogP contribution in [0.3, 0.4) is 0 Å². The number of aromatic nitrogens is 2. The number of anilines is 2. The van der Waals surface area contributed by atoms with E-state index in [9.17, 15) is 14.4 Å². The number of carbonyl (C=O) groups is 3. The number of hydrogen-bond donors (Lipinski definition) is 2. The van der Waals surface area contributed by atoms with E-state index in [1.54, 1.807) is 11.2 Å². The topological polar surface area (TPSA) is 98.4 Å². The van der Waals surface area contributed by atoms with Gasteiger partial charge in [-0.3, -0.25) is 15.0 Å². The fourth-order valence-electron chi connectivity index (χ4n) is 3.55. The SMILES string of the molecule is O=CC1CCN(c2ccc(N3CCC(=O)NC3=O)c3[nH]cnc23)CC1. The van der Waals surface area contributed by atoms with Crippen molar-refractivity contribution in [3.8, 4) is 0 Å². The first-order valence-corrected chi connectivity index (χ1v) is 8.45. The Hall–Kier alpha value is -2.90. The highest BCUT2D eigenvalue weighted by Gasteiger charge is 2.28. The second kappa shape index (κ2) is 6.19. The number of H-pyrrole nitrogens is 1. The van der Waals surface area contributed by atoms with Crippen molar-refractivity contribution in [2.75, 3.05) is 29.4 Å². The van der Waals surface area contributed by atoms with Crippen LogP contribution in [0.15, 0.2) is 18.5 Å². The molecular formula is C17H19N5O3. The summed E-state index contributed by atoms with van der Waals surface area (Å²) in [7, 11) is 0. The third-order valence-corrected chi connectivity index (χ3v) is 4.95. The van der Waals surface area contributed by atoms with Crippen LogP contribution in [-0.2, 0) is 9.59 Å². The number of hydrogen-bond acceptors (Lipinski definition) is 5. The van der Waals surface area contributed by atoms with Crippen LogP contribution >= 0.6 is 0 Å². The molecule has 0 atom stereocenters. The van der Waals surface area contributed by atoms with Gasteiger partial charge in [-0.25, -0.2) is 9.78 Å². The fourth-order valence-corrected chi connectivity index (χ4v) is 3.55. The molecule has 2 saturated heterocycles. The second-order valence-electron chi connectivity index (χ2n) is 6.45. The minimum Gasteiger partial charge on any atom is -0.370 e. The van der Waals surface area contributed by atoms with E-state index in [0.717, 1.165) is 48.9 Å². The number of piperidine rings is 1.